The summed E-state index contributed by atoms with van der Waals surface area (Å²) in [6.07, 6.45) is 5.55. The zero-order chi connectivity index (χ0) is 7.11. The summed E-state index contributed by atoms with van der Waals surface area (Å²) in [7, 11) is 0. The number of unbranched alkanes of at least 4 members (excludes halogenated alkanes) is 1. The Kier molecular flexibility index (Phi) is 11.8. The zero-order valence-electron chi connectivity index (χ0n) is 6.80. The summed E-state index contributed by atoms with van der Waals surface area (Å²) >= 11 is 0. The Bertz CT molecular complexity index is 73.7. The molecule has 0 saturated carbocycles. The van der Waals surface area contributed by atoms with Crippen LogP contribution < -0.4 is 0 Å². The van der Waals surface area contributed by atoms with Crippen molar-refractivity contribution in [2.24, 2.45) is 5.92 Å². The molecule has 10 heavy (non-hydrogen) atoms. The Morgan fingerprint density at radius 1 is 1.40 bits per heavy atom. The smallest absolute Gasteiger partial charge is 0.123 e. The van der Waals surface area contributed by atoms with E-state index in [9.17, 15) is 4.79 Å². The van der Waals surface area contributed by atoms with Crippen LogP contribution in [-0.2, 0) is 22.2 Å². The topological polar surface area (TPSA) is 17.1 Å². The van der Waals surface area contributed by atoms with E-state index in [1.165, 1.54) is 12.8 Å². The maximum atomic E-state index is 10.2. The average Bonchev–Trinajstić information content (AvgIpc) is 1.91. The molecule has 0 aromatic heterocycles. The van der Waals surface area contributed by atoms with Crippen molar-refractivity contribution < 1.29 is 22.2 Å². The second-order valence-corrected chi connectivity index (χ2v) is 2.45. The van der Waals surface area contributed by atoms with Crippen LogP contribution >= 0.6 is 0 Å². The molecule has 0 bridgehead atoms. The Balaban J connectivity index is 0. The van der Waals surface area contributed by atoms with Crippen molar-refractivity contribution in [1.82, 2.24) is 0 Å². The summed E-state index contributed by atoms with van der Waals surface area (Å²) < 4.78 is 0. The van der Waals surface area contributed by atoms with E-state index in [0.717, 1.165) is 19.1 Å². The molecular formula is C8H16CrO. The van der Waals surface area contributed by atoms with Gasteiger partial charge in [-0.25, -0.2) is 0 Å². The molecule has 0 saturated heterocycles. The van der Waals surface area contributed by atoms with Crippen LogP contribution in [0.4, 0.5) is 0 Å². The fourth-order valence-corrected chi connectivity index (χ4v) is 0.835. The minimum absolute atomic E-state index is 0. The van der Waals surface area contributed by atoms with Gasteiger partial charge in [-0.15, -0.1) is 0 Å². The number of rotatable bonds is 5. The summed E-state index contributed by atoms with van der Waals surface area (Å²) in [6, 6.07) is 0. The van der Waals surface area contributed by atoms with Gasteiger partial charge in [0.1, 0.15) is 6.29 Å². The third kappa shape index (κ3) is 6.32. The first-order chi connectivity index (χ1) is 4.35. The molecule has 0 fully saturated rings. The van der Waals surface area contributed by atoms with Crippen LogP contribution in [0.2, 0.25) is 0 Å². The molecule has 0 aromatic rings. The van der Waals surface area contributed by atoms with Gasteiger partial charge in [0.2, 0.25) is 0 Å². The van der Waals surface area contributed by atoms with Crippen LogP contribution in [0.15, 0.2) is 0 Å². The van der Waals surface area contributed by atoms with Crippen molar-refractivity contribution in [2.75, 3.05) is 0 Å². The van der Waals surface area contributed by atoms with Crippen LogP contribution in [-0.4, -0.2) is 6.29 Å². The van der Waals surface area contributed by atoms with Crippen LogP contribution in [0.25, 0.3) is 0 Å². The number of hydrogen-bond donors (Lipinski definition) is 0. The van der Waals surface area contributed by atoms with E-state index in [1.54, 1.807) is 0 Å². The van der Waals surface area contributed by atoms with Crippen molar-refractivity contribution >= 4 is 6.29 Å². The van der Waals surface area contributed by atoms with Gasteiger partial charge in [-0.1, -0.05) is 26.7 Å². The molecule has 1 nitrogen and oxygen atoms in total. The van der Waals surface area contributed by atoms with Crippen LogP contribution in [0.1, 0.15) is 39.5 Å². The normalized spacial score (nSPS) is 11.8. The molecule has 0 aromatic carbocycles. The monoisotopic (exact) mass is 180 g/mol. The molecule has 0 aliphatic heterocycles. The first-order valence-corrected chi connectivity index (χ1v) is 3.80. The van der Waals surface area contributed by atoms with E-state index >= 15 is 0 Å². The van der Waals surface area contributed by atoms with Crippen molar-refractivity contribution in [3.8, 4) is 0 Å². The second-order valence-electron chi connectivity index (χ2n) is 2.45. The molecule has 0 spiro atoms. The van der Waals surface area contributed by atoms with E-state index < -0.39 is 0 Å². The van der Waals surface area contributed by atoms with Crippen LogP contribution in [0.5, 0.6) is 0 Å². The van der Waals surface area contributed by atoms with Gasteiger partial charge in [-0.3, -0.25) is 0 Å². The summed E-state index contributed by atoms with van der Waals surface area (Å²) in [5, 5.41) is 0. The first-order valence-electron chi connectivity index (χ1n) is 3.80. The third-order valence-electron chi connectivity index (χ3n) is 1.65. The Hall–Kier alpha value is 0.202. The maximum absolute atomic E-state index is 10.2. The quantitative estimate of drug-likeness (QED) is 0.594. The van der Waals surface area contributed by atoms with Gasteiger partial charge in [-0.05, 0) is 12.8 Å². The second kappa shape index (κ2) is 9.20. The molecule has 0 radical (unpaired) electrons. The molecular weight excluding hydrogens is 164 g/mol. The largest absolute Gasteiger partial charge is 0.303 e. The number of carbonyl (C=O) groups excluding carboxylic acids is 1. The van der Waals surface area contributed by atoms with Crippen LogP contribution in [0.3, 0.4) is 0 Å². The molecule has 0 N–H and O–H groups in total. The van der Waals surface area contributed by atoms with Crippen LogP contribution in [0, 0.1) is 5.92 Å². The fourth-order valence-electron chi connectivity index (χ4n) is 0.835. The summed E-state index contributed by atoms with van der Waals surface area (Å²) in [6.45, 7) is 4.21. The molecule has 1 unspecified atom stereocenters. The summed E-state index contributed by atoms with van der Waals surface area (Å²) in [4.78, 5) is 10.2. The Morgan fingerprint density at radius 3 is 2.30 bits per heavy atom. The number of hydrogen-bond acceptors (Lipinski definition) is 1. The van der Waals surface area contributed by atoms with Crippen molar-refractivity contribution in [1.29, 1.82) is 0 Å². The van der Waals surface area contributed by atoms with Crippen molar-refractivity contribution in [3.63, 3.8) is 0 Å². The molecule has 0 aliphatic carbocycles. The van der Waals surface area contributed by atoms with Gasteiger partial charge in [0.25, 0.3) is 0 Å². The van der Waals surface area contributed by atoms with Gasteiger partial charge >= 0.3 is 0 Å². The molecule has 0 aliphatic rings. The predicted octanol–water partition coefficient (Wildman–Crippen LogP) is 2.40. The van der Waals surface area contributed by atoms with Gasteiger partial charge in [0, 0.05) is 23.3 Å². The van der Waals surface area contributed by atoms with E-state index in [1.807, 2.05) is 0 Å². The Labute approximate surface area is 74.3 Å². The Morgan fingerprint density at radius 2 is 2.00 bits per heavy atom. The predicted molar refractivity (Wildman–Crippen MR) is 39.4 cm³/mol. The maximum Gasteiger partial charge on any atom is 0.123 e. The van der Waals surface area contributed by atoms with Gasteiger partial charge < -0.3 is 4.79 Å². The number of aldehydes is 1. The molecule has 2 heteroatoms. The van der Waals surface area contributed by atoms with E-state index in [4.69, 9.17) is 0 Å². The summed E-state index contributed by atoms with van der Waals surface area (Å²) in [5.74, 6) is 0.324. The van der Waals surface area contributed by atoms with Gasteiger partial charge in [0.05, 0.1) is 0 Å². The summed E-state index contributed by atoms with van der Waals surface area (Å²) in [5.41, 5.74) is 0. The van der Waals surface area contributed by atoms with E-state index in [2.05, 4.69) is 13.8 Å². The van der Waals surface area contributed by atoms with Gasteiger partial charge in [0.15, 0.2) is 0 Å². The third-order valence-corrected chi connectivity index (χ3v) is 1.65. The molecule has 0 heterocycles. The van der Waals surface area contributed by atoms with E-state index in [0.29, 0.717) is 5.92 Å². The van der Waals surface area contributed by atoms with Crippen molar-refractivity contribution in [2.45, 2.75) is 39.5 Å². The fraction of sp³-hybridized carbons (Fsp3) is 0.875. The average molecular weight is 180 g/mol. The van der Waals surface area contributed by atoms with E-state index in [-0.39, 0.29) is 17.4 Å². The minimum atomic E-state index is 0. The molecule has 0 amide bonds. The molecule has 0 rings (SSSR count). The van der Waals surface area contributed by atoms with Crippen molar-refractivity contribution in [3.05, 3.63) is 0 Å². The number of carbonyl (C=O) groups is 1. The standard InChI is InChI=1S/C8H16O.Cr/c1-3-5-6-8(4-2)7-9;/h7-8H,3-6H2,1-2H3;. The SMILES string of the molecule is CCCCC(C=O)CC.[Cr]. The van der Waals surface area contributed by atoms with Gasteiger partial charge in [-0.2, -0.15) is 0 Å². The molecule has 1 atom stereocenters. The molecule has 60 valence electrons. The first kappa shape index (κ1) is 12.8. The minimum Gasteiger partial charge on any atom is -0.303 e. The zero-order valence-corrected chi connectivity index (χ0v) is 8.07.